The highest BCUT2D eigenvalue weighted by atomic mass is 35.5. The molecule has 1 fully saturated rings. The van der Waals surface area contributed by atoms with Gasteiger partial charge in [-0.2, -0.15) is 0 Å². The van der Waals surface area contributed by atoms with Gasteiger partial charge in [0, 0.05) is 13.1 Å². The highest BCUT2D eigenvalue weighted by molar-refractivity contribution is 6.21. The second-order valence-electron chi connectivity index (χ2n) is 5.57. The van der Waals surface area contributed by atoms with Crippen LogP contribution < -0.4 is 5.32 Å². The van der Waals surface area contributed by atoms with Crippen molar-refractivity contribution in [1.29, 1.82) is 0 Å². The molecule has 3 heteroatoms. The summed E-state index contributed by atoms with van der Waals surface area (Å²) in [6, 6.07) is 10.2. The first-order chi connectivity index (χ1) is 8.57. The van der Waals surface area contributed by atoms with E-state index in [4.69, 9.17) is 16.3 Å². The number of alkyl halides is 1. The van der Waals surface area contributed by atoms with Gasteiger partial charge in [-0.1, -0.05) is 30.3 Å². The lowest BCUT2D eigenvalue weighted by Gasteiger charge is -2.20. The fourth-order valence-electron chi connectivity index (χ4n) is 2.37. The van der Waals surface area contributed by atoms with Crippen molar-refractivity contribution in [2.45, 2.75) is 43.8 Å². The van der Waals surface area contributed by atoms with E-state index in [0.717, 1.165) is 25.9 Å². The lowest BCUT2D eigenvalue weighted by Crippen LogP contribution is -2.31. The lowest BCUT2D eigenvalue weighted by atomic mass is 10.1. The third-order valence-corrected chi connectivity index (χ3v) is 3.82. The van der Waals surface area contributed by atoms with Crippen LogP contribution in [-0.2, 0) is 4.74 Å². The van der Waals surface area contributed by atoms with E-state index in [2.05, 4.69) is 31.3 Å². The highest BCUT2D eigenvalue weighted by Crippen LogP contribution is 2.29. The topological polar surface area (TPSA) is 21.3 Å². The van der Waals surface area contributed by atoms with E-state index in [9.17, 15) is 0 Å². The molecule has 18 heavy (non-hydrogen) atoms. The summed E-state index contributed by atoms with van der Waals surface area (Å²) in [6.45, 7) is 5.98. The zero-order chi connectivity index (χ0) is 13.0. The maximum atomic E-state index is 6.34. The number of halogens is 1. The van der Waals surface area contributed by atoms with E-state index in [1.807, 2.05) is 18.2 Å². The van der Waals surface area contributed by atoms with Crippen LogP contribution in [-0.4, -0.2) is 24.8 Å². The zero-order valence-corrected chi connectivity index (χ0v) is 11.9. The van der Waals surface area contributed by atoms with E-state index in [1.54, 1.807) is 0 Å². The molecule has 1 N–H and O–H groups in total. The number of hydrogen-bond donors (Lipinski definition) is 1. The summed E-state index contributed by atoms with van der Waals surface area (Å²) in [5, 5.41) is 3.43. The zero-order valence-electron chi connectivity index (χ0n) is 11.2. The average molecular weight is 268 g/mol. The van der Waals surface area contributed by atoms with Gasteiger partial charge in [0.1, 0.15) is 0 Å². The van der Waals surface area contributed by atoms with Crippen LogP contribution in [0.15, 0.2) is 30.3 Å². The monoisotopic (exact) mass is 267 g/mol. The largest absolute Gasteiger partial charge is 0.371 e. The third-order valence-electron chi connectivity index (χ3n) is 3.41. The molecule has 0 radical (unpaired) electrons. The molecule has 1 aliphatic rings. The van der Waals surface area contributed by atoms with Gasteiger partial charge in [-0.3, -0.25) is 0 Å². The number of nitrogens with one attached hydrogen (secondary N) is 1. The first-order valence-corrected chi connectivity index (χ1v) is 7.08. The molecule has 1 aromatic rings. The SMILES string of the molecule is CC1(C)CCC(CNCC(Cl)c2ccccc2)O1. The maximum Gasteiger partial charge on any atom is 0.0709 e. The molecular formula is C15H22ClNO. The van der Waals surface area contributed by atoms with Gasteiger partial charge >= 0.3 is 0 Å². The normalized spacial score (nSPS) is 24.1. The van der Waals surface area contributed by atoms with Crippen LogP contribution >= 0.6 is 11.6 Å². The Labute approximate surface area is 115 Å². The van der Waals surface area contributed by atoms with Gasteiger partial charge in [-0.25, -0.2) is 0 Å². The Kier molecular flexibility index (Phi) is 4.66. The lowest BCUT2D eigenvalue weighted by molar-refractivity contribution is -0.0141. The number of benzene rings is 1. The summed E-state index contributed by atoms with van der Waals surface area (Å²) < 4.78 is 5.93. The van der Waals surface area contributed by atoms with E-state index < -0.39 is 0 Å². The Morgan fingerprint density at radius 3 is 2.72 bits per heavy atom. The van der Waals surface area contributed by atoms with E-state index in [0.29, 0.717) is 6.10 Å². The molecule has 1 aliphatic heterocycles. The van der Waals surface area contributed by atoms with Crippen molar-refractivity contribution in [3.63, 3.8) is 0 Å². The van der Waals surface area contributed by atoms with Crippen molar-refractivity contribution in [2.75, 3.05) is 13.1 Å². The molecule has 1 heterocycles. The summed E-state index contributed by atoms with van der Waals surface area (Å²) in [6.07, 6.45) is 2.61. The average Bonchev–Trinajstić information content (AvgIpc) is 2.70. The molecule has 0 bridgehead atoms. The van der Waals surface area contributed by atoms with Gasteiger partial charge in [-0.05, 0) is 32.3 Å². The second kappa shape index (κ2) is 6.05. The quantitative estimate of drug-likeness (QED) is 0.825. The van der Waals surface area contributed by atoms with E-state index in [1.165, 1.54) is 5.56 Å². The van der Waals surface area contributed by atoms with E-state index in [-0.39, 0.29) is 11.0 Å². The second-order valence-corrected chi connectivity index (χ2v) is 6.10. The van der Waals surface area contributed by atoms with Crippen LogP contribution in [0.3, 0.4) is 0 Å². The molecular weight excluding hydrogens is 246 g/mol. The van der Waals surface area contributed by atoms with Crippen LogP contribution in [0.25, 0.3) is 0 Å². The van der Waals surface area contributed by atoms with Crippen molar-refractivity contribution in [3.05, 3.63) is 35.9 Å². The van der Waals surface area contributed by atoms with Crippen molar-refractivity contribution >= 4 is 11.6 Å². The van der Waals surface area contributed by atoms with Gasteiger partial charge in [0.05, 0.1) is 17.1 Å². The number of rotatable bonds is 5. The summed E-state index contributed by atoms with van der Waals surface area (Å²) in [7, 11) is 0. The predicted octanol–water partition coefficient (Wildman–Crippen LogP) is 3.51. The van der Waals surface area contributed by atoms with Crippen LogP contribution in [0, 0.1) is 0 Å². The Morgan fingerprint density at radius 2 is 2.11 bits per heavy atom. The van der Waals surface area contributed by atoms with Crippen LogP contribution in [0.2, 0.25) is 0 Å². The third kappa shape index (κ3) is 3.98. The minimum absolute atomic E-state index is 0.0283. The Balaban J connectivity index is 1.70. The molecule has 0 aliphatic carbocycles. The summed E-state index contributed by atoms with van der Waals surface area (Å²) >= 11 is 6.34. The molecule has 1 aromatic carbocycles. The standard InChI is InChI=1S/C15H22ClNO/c1-15(2)9-8-13(18-15)10-17-11-14(16)12-6-4-3-5-7-12/h3-7,13-14,17H,8-11H2,1-2H3. The Hall–Kier alpha value is -0.570. The molecule has 100 valence electrons. The molecule has 0 amide bonds. The Bertz CT molecular complexity index is 366. The Morgan fingerprint density at radius 1 is 1.39 bits per heavy atom. The summed E-state index contributed by atoms with van der Waals surface area (Å²) in [5.74, 6) is 0. The van der Waals surface area contributed by atoms with Gasteiger partial charge < -0.3 is 10.1 Å². The molecule has 0 saturated carbocycles. The fourth-order valence-corrected chi connectivity index (χ4v) is 2.63. The van der Waals surface area contributed by atoms with Gasteiger partial charge in [-0.15, -0.1) is 11.6 Å². The molecule has 2 unspecified atom stereocenters. The maximum absolute atomic E-state index is 6.34. The minimum Gasteiger partial charge on any atom is -0.371 e. The molecule has 0 spiro atoms. The van der Waals surface area contributed by atoms with Crippen molar-refractivity contribution < 1.29 is 4.74 Å². The highest BCUT2D eigenvalue weighted by Gasteiger charge is 2.31. The van der Waals surface area contributed by atoms with Crippen molar-refractivity contribution in [3.8, 4) is 0 Å². The molecule has 2 nitrogen and oxygen atoms in total. The first kappa shape index (κ1) is 13.9. The van der Waals surface area contributed by atoms with Crippen LogP contribution in [0.4, 0.5) is 0 Å². The van der Waals surface area contributed by atoms with Gasteiger partial charge in [0.25, 0.3) is 0 Å². The van der Waals surface area contributed by atoms with Crippen LogP contribution in [0.5, 0.6) is 0 Å². The number of ether oxygens (including phenoxy) is 1. The predicted molar refractivity (Wildman–Crippen MR) is 76.1 cm³/mol. The smallest absolute Gasteiger partial charge is 0.0709 e. The van der Waals surface area contributed by atoms with Crippen LogP contribution in [0.1, 0.15) is 37.6 Å². The summed E-state index contributed by atoms with van der Waals surface area (Å²) in [5.41, 5.74) is 1.21. The molecule has 1 saturated heterocycles. The summed E-state index contributed by atoms with van der Waals surface area (Å²) in [4.78, 5) is 0. The van der Waals surface area contributed by atoms with Gasteiger partial charge in [0.15, 0.2) is 0 Å². The minimum atomic E-state index is 0.0283. The fraction of sp³-hybridized carbons (Fsp3) is 0.600. The molecule has 2 atom stereocenters. The number of hydrogen-bond acceptors (Lipinski definition) is 2. The first-order valence-electron chi connectivity index (χ1n) is 6.64. The van der Waals surface area contributed by atoms with E-state index >= 15 is 0 Å². The molecule has 0 aromatic heterocycles. The van der Waals surface area contributed by atoms with Gasteiger partial charge in [0.2, 0.25) is 0 Å². The van der Waals surface area contributed by atoms with Crippen molar-refractivity contribution in [1.82, 2.24) is 5.32 Å². The van der Waals surface area contributed by atoms with Crippen molar-refractivity contribution in [2.24, 2.45) is 0 Å². The molecule has 2 rings (SSSR count).